The van der Waals surface area contributed by atoms with Crippen molar-refractivity contribution in [1.29, 1.82) is 0 Å². The number of amides is 1. The molecule has 0 aliphatic carbocycles. The molecule has 100 valence electrons. The van der Waals surface area contributed by atoms with E-state index in [4.69, 9.17) is 5.14 Å². The second-order valence-corrected chi connectivity index (χ2v) is 4.49. The molecule has 1 rings (SSSR count). The van der Waals surface area contributed by atoms with Gasteiger partial charge in [0.15, 0.2) is 0 Å². The van der Waals surface area contributed by atoms with Crippen LogP contribution in [0.2, 0.25) is 0 Å². The Kier molecular flexibility index (Phi) is 4.47. The van der Waals surface area contributed by atoms with Gasteiger partial charge in [-0.25, -0.2) is 9.35 Å². The van der Waals surface area contributed by atoms with Gasteiger partial charge in [0, 0.05) is 5.69 Å². The number of alkyl halides is 3. The predicted molar refractivity (Wildman–Crippen MR) is 61.1 cm³/mol. The van der Waals surface area contributed by atoms with E-state index in [0.29, 0.717) is 12.0 Å². The van der Waals surface area contributed by atoms with Crippen molar-refractivity contribution in [1.82, 2.24) is 0 Å². The molecule has 0 saturated carbocycles. The number of rotatable bonds is 3. The van der Waals surface area contributed by atoms with Crippen molar-refractivity contribution in [2.45, 2.75) is 24.4 Å². The zero-order valence-electron chi connectivity index (χ0n) is 9.38. The van der Waals surface area contributed by atoms with Crippen molar-refractivity contribution >= 4 is 22.6 Å². The Balaban J connectivity index is 3.04. The number of carbonyl (C=O) groups excluding carboxylic acids is 1. The van der Waals surface area contributed by atoms with E-state index < -0.39 is 23.1 Å². The normalized spacial score (nSPS) is 13.2. The average Bonchev–Trinajstić information content (AvgIpc) is 2.27. The summed E-state index contributed by atoms with van der Waals surface area (Å²) >= 11 is 0. The van der Waals surface area contributed by atoms with Crippen molar-refractivity contribution in [2.24, 2.45) is 5.14 Å². The van der Waals surface area contributed by atoms with E-state index in [0.717, 1.165) is 0 Å². The Morgan fingerprint density at radius 3 is 2.50 bits per heavy atom. The van der Waals surface area contributed by atoms with Crippen LogP contribution in [0.25, 0.3) is 0 Å². The van der Waals surface area contributed by atoms with E-state index in [9.17, 15) is 22.2 Å². The molecule has 1 atom stereocenters. The van der Waals surface area contributed by atoms with E-state index in [1.165, 1.54) is 18.2 Å². The van der Waals surface area contributed by atoms with Gasteiger partial charge in [0.2, 0.25) is 0 Å². The third-order valence-electron chi connectivity index (χ3n) is 2.20. The molecule has 0 radical (unpaired) electrons. The largest absolute Gasteiger partial charge is 0.471 e. The van der Waals surface area contributed by atoms with Crippen LogP contribution in [0.4, 0.5) is 18.9 Å². The second-order valence-electron chi connectivity index (χ2n) is 3.42. The van der Waals surface area contributed by atoms with Crippen LogP contribution in [0.1, 0.15) is 12.5 Å². The maximum Gasteiger partial charge on any atom is 0.471 e. The van der Waals surface area contributed by atoms with Crippen LogP contribution in [-0.2, 0) is 22.2 Å². The van der Waals surface area contributed by atoms with Crippen LogP contribution in [0, 0.1) is 0 Å². The zero-order chi connectivity index (χ0) is 13.9. The standard InChI is InChI=1S/C10H11F3N2O2S/c1-2-6-5-7(18(14)17)3-4-8(6)15-9(16)10(11,12)13/h3-5H,2,14H2,1H3,(H,15,16). The molecular weight excluding hydrogens is 269 g/mol. The molecule has 1 amide bonds. The minimum absolute atomic E-state index is 0.0361. The molecular formula is C10H11F3N2O2S. The molecule has 4 nitrogen and oxygen atoms in total. The van der Waals surface area contributed by atoms with Gasteiger partial charge in [-0.05, 0) is 30.2 Å². The summed E-state index contributed by atoms with van der Waals surface area (Å²) in [6.45, 7) is 1.70. The van der Waals surface area contributed by atoms with Crippen molar-refractivity contribution in [3.63, 3.8) is 0 Å². The smallest absolute Gasteiger partial charge is 0.318 e. The lowest BCUT2D eigenvalue weighted by molar-refractivity contribution is -0.167. The van der Waals surface area contributed by atoms with Crippen LogP contribution in [0.5, 0.6) is 0 Å². The number of carbonyl (C=O) groups is 1. The fourth-order valence-corrected chi connectivity index (χ4v) is 1.76. The van der Waals surface area contributed by atoms with Gasteiger partial charge in [-0.15, -0.1) is 0 Å². The maximum absolute atomic E-state index is 12.1. The number of nitrogens with two attached hydrogens (primary N) is 1. The van der Waals surface area contributed by atoms with E-state index in [2.05, 4.69) is 0 Å². The minimum Gasteiger partial charge on any atom is -0.318 e. The summed E-state index contributed by atoms with van der Waals surface area (Å²) in [5.74, 6) is -2.04. The van der Waals surface area contributed by atoms with Gasteiger partial charge in [-0.3, -0.25) is 4.79 Å². The van der Waals surface area contributed by atoms with E-state index in [1.807, 2.05) is 0 Å². The highest BCUT2D eigenvalue weighted by Gasteiger charge is 2.38. The van der Waals surface area contributed by atoms with E-state index in [-0.39, 0.29) is 10.6 Å². The summed E-state index contributed by atoms with van der Waals surface area (Å²) < 4.78 is 47.3. The van der Waals surface area contributed by atoms with Crippen LogP contribution in [0.3, 0.4) is 0 Å². The highest BCUT2D eigenvalue weighted by atomic mass is 32.2. The first-order valence-electron chi connectivity index (χ1n) is 4.93. The van der Waals surface area contributed by atoms with Gasteiger partial charge in [0.25, 0.3) is 0 Å². The summed E-state index contributed by atoms with van der Waals surface area (Å²) in [5.41, 5.74) is 0.470. The van der Waals surface area contributed by atoms with Gasteiger partial charge >= 0.3 is 12.1 Å². The molecule has 0 bridgehead atoms. The number of hydrogen-bond donors (Lipinski definition) is 2. The Morgan fingerprint density at radius 2 is 2.06 bits per heavy atom. The lowest BCUT2D eigenvalue weighted by Gasteiger charge is -2.12. The molecule has 0 aromatic heterocycles. The lowest BCUT2D eigenvalue weighted by Crippen LogP contribution is -2.30. The van der Waals surface area contributed by atoms with Crippen LogP contribution in [-0.4, -0.2) is 16.3 Å². The average molecular weight is 280 g/mol. The van der Waals surface area contributed by atoms with Crippen molar-refractivity contribution in [3.05, 3.63) is 23.8 Å². The molecule has 0 saturated heterocycles. The predicted octanol–water partition coefficient (Wildman–Crippen LogP) is 1.73. The first-order valence-corrected chi connectivity index (χ1v) is 6.14. The Hall–Kier alpha value is -1.41. The van der Waals surface area contributed by atoms with Gasteiger partial charge in [0.05, 0.1) is 4.90 Å². The van der Waals surface area contributed by atoms with Gasteiger partial charge < -0.3 is 5.32 Å². The first-order chi connectivity index (χ1) is 8.25. The third kappa shape index (κ3) is 3.54. The summed E-state index contributed by atoms with van der Waals surface area (Å²) in [4.78, 5) is 11.1. The second kappa shape index (κ2) is 5.49. The maximum atomic E-state index is 12.1. The van der Waals surface area contributed by atoms with Gasteiger partial charge in [-0.1, -0.05) is 6.92 Å². The third-order valence-corrected chi connectivity index (χ3v) is 2.91. The summed E-state index contributed by atoms with van der Waals surface area (Å²) in [6.07, 6.45) is -4.57. The molecule has 18 heavy (non-hydrogen) atoms. The summed E-state index contributed by atoms with van der Waals surface area (Å²) in [6, 6.07) is 3.96. The molecule has 8 heteroatoms. The number of hydrogen-bond acceptors (Lipinski definition) is 2. The van der Waals surface area contributed by atoms with Crippen molar-refractivity contribution in [2.75, 3.05) is 5.32 Å². The molecule has 0 aliphatic rings. The Labute approximate surface area is 104 Å². The van der Waals surface area contributed by atoms with Crippen LogP contribution < -0.4 is 10.5 Å². The van der Waals surface area contributed by atoms with Crippen LogP contribution >= 0.6 is 0 Å². The number of benzene rings is 1. The number of nitrogens with one attached hydrogen (secondary N) is 1. The lowest BCUT2D eigenvalue weighted by atomic mass is 10.1. The van der Waals surface area contributed by atoms with Crippen molar-refractivity contribution < 1.29 is 22.2 Å². The monoisotopic (exact) mass is 280 g/mol. The quantitative estimate of drug-likeness (QED) is 0.885. The minimum atomic E-state index is -4.94. The molecule has 0 spiro atoms. The first kappa shape index (κ1) is 14.7. The fraction of sp³-hybridized carbons (Fsp3) is 0.300. The SMILES string of the molecule is CCc1cc(S(N)=O)ccc1NC(=O)C(F)(F)F. The highest BCUT2D eigenvalue weighted by molar-refractivity contribution is 7.82. The number of aryl methyl sites for hydroxylation is 1. The Bertz CT molecular complexity index is 489. The van der Waals surface area contributed by atoms with E-state index in [1.54, 1.807) is 12.2 Å². The van der Waals surface area contributed by atoms with Gasteiger partial charge in [-0.2, -0.15) is 13.2 Å². The molecule has 1 aromatic carbocycles. The van der Waals surface area contributed by atoms with Crippen molar-refractivity contribution in [3.8, 4) is 0 Å². The summed E-state index contributed by atoms with van der Waals surface area (Å²) in [5, 5.41) is 6.93. The van der Waals surface area contributed by atoms with Crippen LogP contribution in [0.15, 0.2) is 23.1 Å². The van der Waals surface area contributed by atoms with E-state index >= 15 is 0 Å². The Morgan fingerprint density at radius 1 is 1.44 bits per heavy atom. The molecule has 1 unspecified atom stereocenters. The number of anilines is 1. The number of halogens is 3. The van der Waals surface area contributed by atoms with Gasteiger partial charge in [0.1, 0.15) is 11.0 Å². The molecule has 1 aromatic rings. The molecule has 0 fully saturated rings. The molecule has 3 N–H and O–H groups in total. The summed E-state index contributed by atoms with van der Waals surface area (Å²) in [7, 11) is -1.71. The topological polar surface area (TPSA) is 72.2 Å². The molecule has 0 aliphatic heterocycles. The zero-order valence-corrected chi connectivity index (χ0v) is 10.2. The fourth-order valence-electron chi connectivity index (χ4n) is 1.30. The highest BCUT2D eigenvalue weighted by Crippen LogP contribution is 2.23. The molecule has 0 heterocycles.